The first-order valence-electron chi connectivity index (χ1n) is 9.40. The van der Waals surface area contributed by atoms with Crippen molar-refractivity contribution in [3.63, 3.8) is 0 Å². The van der Waals surface area contributed by atoms with Crippen LogP contribution in [0.15, 0.2) is 47.9 Å². The number of anilines is 1. The number of rotatable bonds is 9. The molecule has 0 amide bonds. The lowest BCUT2D eigenvalue weighted by molar-refractivity contribution is 0.828. The quantitative estimate of drug-likeness (QED) is 0.295. The summed E-state index contributed by atoms with van der Waals surface area (Å²) >= 11 is 1.74. The van der Waals surface area contributed by atoms with E-state index >= 15 is 0 Å². The van der Waals surface area contributed by atoms with Crippen molar-refractivity contribution in [2.45, 2.75) is 44.7 Å². The Balaban J connectivity index is 1.97. The van der Waals surface area contributed by atoms with Gasteiger partial charge in [0.2, 0.25) is 0 Å². The highest BCUT2D eigenvalue weighted by Crippen LogP contribution is 2.29. The predicted molar refractivity (Wildman–Crippen MR) is 112 cm³/mol. The van der Waals surface area contributed by atoms with Crippen LogP contribution in [0.4, 0.5) is 5.82 Å². The van der Waals surface area contributed by atoms with Crippen LogP contribution in [0.1, 0.15) is 39.5 Å². The minimum atomic E-state index is 0.863. The SMILES string of the molecule is CCCCNc1nc(SCCCC)nc2ccc(-c3ccncc3)cc12. The molecule has 1 aromatic carbocycles. The van der Waals surface area contributed by atoms with Gasteiger partial charge in [0.25, 0.3) is 0 Å². The van der Waals surface area contributed by atoms with Crippen molar-refractivity contribution in [3.05, 3.63) is 42.7 Å². The van der Waals surface area contributed by atoms with Crippen LogP contribution < -0.4 is 5.32 Å². The summed E-state index contributed by atoms with van der Waals surface area (Å²) in [4.78, 5) is 13.7. The zero-order chi connectivity index (χ0) is 18.2. The summed E-state index contributed by atoms with van der Waals surface area (Å²) in [5.41, 5.74) is 3.31. The zero-order valence-electron chi connectivity index (χ0n) is 15.5. The highest BCUT2D eigenvalue weighted by Gasteiger charge is 2.10. The van der Waals surface area contributed by atoms with Crippen molar-refractivity contribution >= 4 is 28.5 Å². The first-order chi connectivity index (χ1) is 12.8. The summed E-state index contributed by atoms with van der Waals surface area (Å²) in [6.07, 6.45) is 8.32. The molecule has 136 valence electrons. The van der Waals surface area contributed by atoms with Gasteiger partial charge in [0.1, 0.15) is 5.82 Å². The van der Waals surface area contributed by atoms with Crippen LogP contribution in [0.5, 0.6) is 0 Å². The summed E-state index contributed by atoms with van der Waals surface area (Å²) in [7, 11) is 0. The Morgan fingerprint density at radius 3 is 2.50 bits per heavy atom. The molecule has 3 aromatic rings. The van der Waals surface area contributed by atoms with Crippen LogP contribution in [-0.2, 0) is 0 Å². The van der Waals surface area contributed by atoms with Crippen LogP contribution in [0.2, 0.25) is 0 Å². The van der Waals surface area contributed by atoms with Crippen molar-refractivity contribution in [1.29, 1.82) is 0 Å². The summed E-state index contributed by atoms with van der Waals surface area (Å²) in [6.45, 7) is 5.34. The second kappa shape index (κ2) is 9.53. The molecule has 0 bridgehead atoms. The van der Waals surface area contributed by atoms with Crippen LogP contribution in [0, 0.1) is 0 Å². The molecule has 0 aliphatic carbocycles. The molecule has 0 saturated carbocycles. The number of pyridine rings is 1. The van der Waals surface area contributed by atoms with E-state index in [4.69, 9.17) is 9.97 Å². The first kappa shape index (κ1) is 18.6. The van der Waals surface area contributed by atoms with E-state index in [2.05, 4.69) is 42.3 Å². The van der Waals surface area contributed by atoms with E-state index in [-0.39, 0.29) is 0 Å². The Kier molecular flexibility index (Phi) is 6.83. The molecule has 5 heteroatoms. The van der Waals surface area contributed by atoms with Gasteiger partial charge in [-0.1, -0.05) is 44.5 Å². The van der Waals surface area contributed by atoms with Crippen LogP contribution in [-0.4, -0.2) is 27.2 Å². The number of unbranched alkanes of at least 4 members (excludes halogenated alkanes) is 2. The summed E-state index contributed by atoms with van der Waals surface area (Å²) < 4.78 is 0. The maximum Gasteiger partial charge on any atom is 0.190 e. The molecule has 0 unspecified atom stereocenters. The maximum atomic E-state index is 4.81. The van der Waals surface area contributed by atoms with Gasteiger partial charge in [-0.2, -0.15) is 0 Å². The van der Waals surface area contributed by atoms with Gasteiger partial charge in [0.05, 0.1) is 5.52 Å². The Hall–Kier alpha value is -2.14. The van der Waals surface area contributed by atoms with E-state index in [9.17, 15) is 0 Å². The summed E-state index contributed by atoms with van der Waals surface area (Å²) in [5.74, 6) is 2.00. The van der Waals surface area contributed by atoms with Crippen LogP contribution in [0.3, 0.4) is 0 Å². The largest absolute Gasteiger partial charge is 0.369 e. The highest BCUT2D eigenvalue weighted by atomic mass is 32.2. The smallest absolute Gasteiger partial charge is 0.190 e. The summed E-state index contributed by atoms with van der Waals surface area (Å²) in [6, 6.07) is 10.5. The number of benzene rings is 1. The molecule has 0 fully saturated rings. The van der Waals surface area contributed by atoms with Gasteiger partial charge < -0.3 is 5.32 Å². The molecule has 4 nitrogen and oxygen atoms in total. The van der Waals surface area contributed by atoms with Crippen molar-refractivity contribution < 1.29 is 0 Å². The third-order valence-electron chi connectivity index (χ3n) is 4.24. The van der Waals surface area contributed by atoms with E-state index in [1.54, 1.807) is 11.8 Å². The third kappa shape index (κ3) is 4.73. The lowest BCUT2D eigenvalue weighted by Gasteiger charge is -2.12. The van der Waals surface area contributed by atoms with E-state index in [0.29, 0.717) is 0 Å². The fraction of sp³-hybridized carbons (Fsp3) is 0.381. The molecule has 3 rings (SSSR count). The molecular formula is C21H26N4S. The Labute approximate surface area is 159 Å². The standard InChI is InChI=1S/C21H26N4S/c1-3-5-11-23-20-18-15-17(16-9-12-22-13-10-16)7-8-19(18)24-21(25-20)26-14-6-4-2/h7-10,12-13,15H,3-6,11,14H2,1-2H3,(H,23,24,25). The van der Waals surface area contributed by atoms with E-state index < -0.39 is 0 Å². The molecule has 0 radical (unpaired) electrons. The zero-order valence-corrected chi connectivity index (χ0v) is 16.4. The molecule has 26 heavy (non-hydrogen) atoms. The van der Waals surface area contributed by atoms with Crippen LogP contribution in [0.25, 0.3) is 22.0 Å². The molecule has 0 saturated heterocycles. The Morgan fingerprint density at radius 1 is 0.923 bits per heavy atom. The van der Waals surface area contributed by atoms with Crippen molar-refractivity contribution in [2.75, 3.05) is 17.6 Å². The lowest BCUT2D eigenvalue weighted by Crippen LogP contribution is -2.05. The predicted octanol–water partition coefficient (Wildman–Crippen LogP) is 5.80. The molecule has 2 aromatic heterocycles. The number of nitrogens with zero attached hydrogens (tertiary/aromatic N) is 3. The summed E-state index contributed by atoms with van der Waals surface area (Å²) in [5, 5.41) is 5.46. The van der Waals surface area contributed by atoms with Gasteiger partial charge >= 0.3 is 0 Å². The third-order valence-corrected chi connectivity index (χ3v) is 5.17. The molecule has 0 spiro atoms. The fourth-order valence-corrected chi connectivity index (χ4v) is 3.66. The normalized spacial score (nSPS) is 11.0. The van der Waals surface area contributed by atoms with Crippen molar-refractivity contribution in [1.82, 2.24) is 15.0 Å². The van der Waals surface area contributed by atoms with Gasteiger partial charge in [-0.05, 0) is 48.2 Å². The molecule has 0 aliphatic rings. The monoisotopic (exact) mass is 366 g/mol. The van der Waals surface area contributed by atoms with E-state index in [0.717, 1.165) is 58.1 Å². The maximum absolute atomic E-state index is 4.81. The van der Waals surface area contributed by atoms with Gasteiger partial charge in [0, 0.05) is 30.1 Å². The average Bonchev–Trinajstić information content (AvgIpc) is 2.69. The van der Waals surface area contributed by atoms with Crippen molar-refractivity contribution in [2.24, 2.45) is 0 Å². The molecule has 0 aliphatic heterocycles. The first-order valence-corrected chi connectivity index (χ1v) is 10.4. The minimum absolute atomic E-state index is 0.863. The van der Waals surface area contributed by atoms with Gasteiger partial charge in [0.15, 0.2) is 5.16 Å². The number of nitrogens with one attached hydrogen (secondary N) is 1. The Morgan fingerprint density at radius 2 is 1.73 bits per heavy atom. The second-order valence-electron chi connectivity index (χ2n) is 6.30. The topological polar surface area (TPSA) is 50.7 Å². The average molecular weight is 367 g/mol. The molecule has 0 atom stereocenters. The highest BCUT2D eigenvalue weighted by molar-refractivity contribution is 7.99. The van der Waals surface area contributed by atoms with Crippen LogP contribution >= 0.6 is 11.8 Å². The number of aromatic nitrogens is 3. The number of thioether (sulfide) groups is 1. The number of fused-ring (bicyclic) bond motifs is 1. The molecule has 2 heterocycles. The second-order valence-corrected chi connectivity index (χ2v) is 7.37. The van der Waals surface area contributed by atoms with Gasteiger partial charge in [-0.25, -0.2) is 9.97 Å². The van der Waals surface area contributed by atoms with E-state index in [1.165, 1.54) is 12.8 Å². The van der Waals surface area contributed by atoms with E-state index in [1.807, 2.05) is 24.5 Å². The molecule has 1 N–H and O–H groups in total. The minimum Gasteiger partial charge on any atom is -0.369 e. The Bertz CT molecular complexity index is 836. The van der Waals surface area contributed by atoms with Gasteiger partial charge in [-0.15, -0.1) is 0 Å². The fourth-order valence-electron chi connectivity index (χ4n) is 2.72. The number of hydrogen-bond acceptors (Lipinski definition) is 5. The van der Waals surface area contributed by atoms with Crippen molar-refractivity contribution in [3.8, 4) is 11.1 Å². The van der Waals surface area contributed by atoms with Gasteiger partial charge in [-0.3, -0.25) is 4.98 Å². The lowest BCUT2D eigenvalue weighted by atomic mass is 10.0. The molecular weight excluding hydrogens is 340 g/mol. The number of hydrogen-bond donors (Lipinski definition) is 1.